The van der Waals surface area contributed by atoms with Gasteiger partial charge in [-0.2, -0.15) is 5.10 Å². The smallest absolute Gasteiger partial charge is 0.0840 e. The van der Waals surface area contributed by atoms with Crippen molar-refractivity contribution in [2.24, 2.45) is 0 Å². The second-order valence-corrected chi connectivity index (χ2v) is 4.93. The predicted octanol–water partition coefficient (Wildman–Crippen LogP) is 3.57. The Hall–Kier alpha value is -1.32. The van der Waals surface area contributed by atoms with E-state index in [4.69, 9.17) is 11.6 Å². The van der Waals surface area contributed by atoms with Gasteiger partial charge in [-0.05, 0) is 37.7 Å². The van der Waals surface area contributed by atoms with E-state index in [0.717, 1.165) is 41.4 Å². The average Bonchev–Trinajstić information content (AvgIpc) is 2.78. The number of benzene rings is 1. The third kappa shape index (κ3) is 3.12. The van der Waals surface area contributed by atoms with Crippen molar-refractivity contribution in [3.8, 4) is 11.1 Å². The summed E-state index contributed by atoms with van der Waals surface area (Å²) in [7, 11) is 2.11. The molecule has 18 heavy (non-hydrogen) atoms. The summed E-state index contributed by atoms with van der Waals surface area (Å²) in [5, 5.41) is 8.04. The summed E-state index contributed by atoms with van der Waals surface area (Å²) in [4.78, 5) is 2.27. The molecule has 0 radical (unpaired) electrons. The topological polar surface area (TPSA) is 31.9 Å². The molecule has 0 aliphatic heterocycles. The van der Waals surface area contributed by atoms with Gasteiger partial charge in [0.05, 0.1) is 5.69 Å². The first kappa shape index (κ1) is 13.1. The molecular formula is C14H18ClN3. The van der Waals surface area contributed by atoms with E-state index < -0.39 is 0 Å². The summed E-state index contributed by atoms with van der Waals surface area (Å²) in [6.45, 7) is 4.11. The van der Waals surface area contributed by atoms with Gasteiger partial charge in [0.15, 0.2) is 0 Å². The second-order valence-electron chi connectivity index (χ2n) is 4.49. The first-order valence-corrected chi connectivity index (χ1v) is 6.55. The second kappa shape index (κ2) is 6.03. The van der Waals surface area contributed by atoms with Gasteiger partial charge in [-0.3, -0.25) is 5.10 Å². The van der Waals surface area contributed by atoms with Crippen LogP contribution in [0.15, 0.2) is 30.5 Å². The Balaban J connectivity index is 2.19. The Kier molecular flexibility index (Phi) is 4.39. The van der Waals surface area contributed by atoms with E-state index in [1.807, 2.05) is 30.5 Å². The quantitative estimate of drug-likeness (QED) is 0.894. The number of nitrogens with one attached hydrogen (secondary N) is 1. The molecule has 0 fully saturated rings. The number of aromatic nitrogens is 2. The third-order valence-corrected chi connectivity index (χ3v) is 3.15. The van der Waals surface area contributed by atoms with Gasteiger partial charge in [0.1, 0.15) is 0 Å². The Bertz CT molecular complexity index is 490. The minimum atomic E-state index is 0.756. The fraction of sp³-hybridized carbons (Fsp3) is 0.357. The van der Waals surface area contributed by atoms with E-state index in [9.17, 15) is 0 Å². The molecule has 2 rings (SSSR count). The summed E-state index contributed by atoms with van der Waals surface area (Å²) < 4.78 is 0. The highest BCUT2D eigenvalue weighted by Crippen LogP contribution is 2.24. The number of halogens is 1. The monoisotopic (exact) mass is 263 g/mol. The van der Waals surface area contributed by atoms with Gasteiger partial charge in [-0.15, -0.1) is 0 Å². The van der Waals surface area contributed by atoms with Crippen LogP contribution in [0.25, 0.3) is 11.1 Å². The minimum absolute atomic E-state index is 0.756. The van der Waals surface area contributed by atoms with Crippen LogP contribution in [0.4, 0.5) is 0 Å². The van der Waals surface area contributed by atoms with Gasteiger partial charge >= 0.3 is 0 Å². The molecule has 2 aromatic rings. The zero-order valence-electron chi connectivity index (χ0n) is 10.8. The van der Waals surface area contributed by atoms with Crippen LogP contribution in [0.2, 0.25) is 5.02 Å². The van der Waals surface area contributed by atoms with Crippen LogP contribution in [-0.2, 0) is 6.54 Å². The van der Waals surface area contributed by atoms with E-state index in [1.165, 1.54) is 0 Å². The summed E-state index contributed by atoms with van der Waals surface area (Å²) in [5.74, 6) is 0. The molecule has 0 saturated carbocycles. The number of H-pyrrole nitrogens is 1. The Morgan fingerprint density at radius 1 is 1.28 bits per heavy atom. The van der Waals surface area contributed by atoms with Crippen molar-refractivity contribution in [3.05, 3.63) is 41.2 Å². The van der Waals surface area contributed by atoms with E-state index in [0.29, 0.717) is 0 Å². The molecule has 0 aliphatic carbocycles. The maximum atomic E-state index is 5.91. The van der Waals surface area contributed by atoms with E-state index >= 15 is 0 Å². The van der Waals surface area contributed by atoms with Crippen molar-refractivity contribution in [1.29, 1.82) is 0 Å². The van der Waals surface area contributed by atoms with Gasteiger partial charge in [-0.25, -0.2) is 0 Å². The summed E-state index contributed by atoms with van der Waals surface area (Å²) >= 11 is 5.91. The lowest BCUT2D eigenvalue weighted by molar-refractivity contribution is 0.324. The van der Waals surface area contributed by atoms with Crippen LogP contribution in [0.1, 0.15) is 19.0 Å². The number of nitrogens with zero attached hydrogens (tertiary/aromatic N) is 2. The van der Waals surface area contributed by atoms with Gasteiger partial charge in [0.2, 0.25) is 0 Å². The molecule has 0 atom stereocenters. The van der Waals surface area contributed by atoms with Crippen LogP contribution >= 0.6 is 11.6 Å². The van der Waals surface area contributed by atoms with Gasteiger partial charge < -0.3 is 4.90 Å². The largest absolute Gasteiger partial charge is 0.300 e. The molecule has 96 valence electrons. The number of aromatic amines is 1. The van der Waals surface area contributed by atoms with Crippen molar-refractivity contribution in [1.82, 2.24) is 15.1 Å². The van der Waals surface area contributed by atoms with Crippen molar-refractivity contribution >= 4 is 11.6 Å². The average molecular weight is 264 g/mol. The number of rotatable bonds is 5. The first-order valence-electron chi connectivity index (χ1n) is 6.18. The predicted molar refractivity (Wildman–Crippen MR) is 75.7 cm³/mol. The van der Waals surface area contributed by atoms with Crippen molar-refractivity contribution < 1.29 is 0 Å². The first-order chi connectivity index (χ1) is 8.70. The number of hydrogen-bond acceptors (Lipinski definition) is 2. The Morgan fingerprint density at radius 2 is 2.00 bits per heavy atom. The fourth-order valence-electron chi connectivity index (χ4n) is 2.03. The summed E-state index contributed by atoms with van der Waals surface area (Å²) in [6.07, 6.45) is 3.09. The van der Waals surface area contributed by atoms with Crippen LogP contribution < -0.4 is 0 Å². The lowest BCUT2D eigenvalue weighted by Gasteiger charge is -2.14. The SMILES string of the molecule is CCCN(C)Cc1n[nH]cc1-c1ccc(Cl)cc1. The zero-order chi connectivity index (χ0) is 13.0. The number of hydrogen-bond donors (Lipinski definition) is 1. The molecule has 1 N–H and O–H groups in total. The molecule has 1 heterocycles. The highest BCUT2D eigenvalue weighted by molar-refractivity contribution is 6.30. The molecule has 0 spiro atoms. The van der Waals surface area contributed by atoms with Crippen molar-refractivity contribution in [2.75, 3.05) is 13.6 Å². The van der Waals surface area contributed by atoms with E-state index in [2.05, 4.69) is 29.1 Å². The lowest BCUT2D eigenvalue weighted by Crippen LogP contribution is -2.19. The molecule has 0 amide bonds. The van der Waals surface area contributed by atoms with Crippen molar-refractivity contribution in [2.45, 2.75) is 19.9 Å². The maximum Gasteiger partial charge on any atom is 0.0840 e. The van der Waals surface area contributed by atoms with Crippen LogP contribution in [0.3, 0.4) is 0 Å². The molecule has 1 aromatic heterocycles. The lowest BCUT2D eigenvalue weighted by atomic mass is 10.1. The molecule has 0 aliphatic rings. The van der Waals surface area contributed by atoms with E-state index in [1.54, 1.807) is 0 Å². The van der Waals surface area contributed by atoms with Gasteiger partial charge in [0.25, 0.3) is 0 Å². The van der Waals surface area contributed by atoms with Crippen LogP contribution in [0.5, 0.6) is 0 Å². The highest BCUT2D eigenvalue weighted by atomic mass is 35.5. The van der Waals surface area contributed by atoms with Gasteiger partial charge in [-0.1, -0.05) is 30.7 Å². The molecule has 0 saturated heterocycles. The van der Waals surface area contributed by atoms with E-state index in [-0.39, 0.29) is 0 Å². The zero-order valence-corrected chi connectivity index (χ0v) is 11.5. The summed E-state index contributed by atoms with van der Waals surface area (Å²) in [5.41, 5.74) is 3.37. The van der Waals surface area contributed by atoms with Crippen molar-refractivity contribution in [3.63, 3.8) is 0 Å². The minimum Gasteiger partial charge on any atom is -0.300 e. The molecule has 0 bridgehead atoms. The normalized spacial score (nSPS) is 11.1. The Morgan fingerprint density at radius 3 is 2.67 bits per heavy atom. The molecule has 3 nitrogen and oxygen atoms in total. The van der Waals surface area contributed by atoms with Crippen LogP contribution in [0, 0.1) is 0 Å². The Labute approximate surface area is 113 Å². The molecule has 1 aromatic carbocycles. The molecule has 0 unspecified atom stereocenters. The molecular weight excluding hydrogens is 246 g/mol. The fourth-order valence-corrected chi connectivity index (χ4v) is 2.16. The van der Waals surface area contributed by atoms with Crippen LogP contribution in [-0.4, -0.2) is 28.7 Å². The molecule has 4 heteroatoms. The third-order valence-electron chi connectivity index (χ3n) is 2.90. The maximum absolute atomic E-state index is 5.91. The highest BCUT2D eigenvalue weighted by Gasteiger charge is 2.10. The summed E-state index contributed by atoms with van der Waals surface area (Å²) in [6, 6.07) is 7.86. The van der Waals surface area contributed by atoms with Gasteiger partial charge in [0, 0.05) is 23.3 Å². The standard InChI is InChI=1S/C14H18ClN3/c1-3-8-18(2)10-14-13(9-16-17-14)11-4-6-12(15)7-5-11/h4-7,9H,3,8,10H2,1-2H3,(H,16,17).